The summed E-state index contributed by atoms with van der Waals surface area (Å²) in [5.74, 6) is -0.610. The fourth-order valence-corrected chi connectivity index (χ4v) is 1.93. The maximum absolute atomic E-state index is 11.7. The van der Waals surface area contributed by atoms with Crippen molar-refractivity contribution in [2.45, 2.75) is 25.4 Å². The van der Waals surface area contributed by atoms with Gasteiger partial charge >= 0.3 is 5.97 Å². The molecular weight excluding hydrogens is 281 g/mol. The van der Waals surface area contributed by atoms with E-state index < -0.39 is 16.6 Å². The molecule has 1 fully saturated rings. The van der Waals surface area contributed by atoms with Crippen LogP contribution in [-0.4, -0.2) is 17.0 Å². The number of carbonyl (C=O) groups excluding carboxylic acids is 1. The molecular formula is C11H9Cl2NO4. The van der Waals surface area contributed by atoms with E-state index in [1.165, 1.54) is 6.07 Å². The lowest BCUT2D eigenvalue weighted by atomic mass is 9.96. The monoisotopic (exact) mass is 289 g/mol. The minimum absolute atomic E-state index is 0.0357. The van der Waals surface area contributed by atoms with Crippen molar-refractivity contribution in [1.29, 1.82) is 0 Å². The highest BCUT2D eigenvalue weighted by Crippen LogP contribution is 2.33. The molecule has 7 heteroatoms. The number of hydrogen-bond donors (Lipinski definition) is 0. The zero-order valence-electron chi connectivity index (χ0n) is 9.19. The molecule has 1 aromatic carbocycles. The predicted octanol–water partition coefficient (Wildman–Crippen LogP) is 3.61. The Hall–Kier alpha value is -1.33. The summed E-state index contributed by atoms with van der Waals surface area (Å²) in [6.07, 6.45) is 2.59. The lowest BCUT2D eigenvalue weighted by Crippen LogP contribution is -2.25. The maximum atomic E-state index is 11.7. The van der Waals surface area contributed by atoms with Gasteiger partial charge in [0.05, 0.1) is 15.5 Å². The van der Waals surface area contributed by atoms with Gasteiger partial charge in [-0.25, -0.2) is 4.79 Å². The summed E-state index contributed by atoms with van der Waals surface area (Å²) in [5.41, 5.74) is -0.354. The summed E-state index contributed by atoms with van der Waals surface area (Å²) >= 11 is 11.4. The molecule has 1 aliphatic carbocycles. The molecule has 0 spiro atoms. The van der Waals surface area contributed by atoms with Gasteiger partial charge in [-0.15, -0.1) is 0 Å². The third-order valence-electron chi connectivity index (χ3n) is 2.77. The van der Waals surface area contributed by atoms with Gasteiger partial charge in [0.2, 0.25) is 0 Å². The van der Waals surface area contributed by atoms with Crippen molar-refractivity contribution in [3.05, 3.63) is 37.9 Å². The molecule has 0 radical (unpaired) electrons. The number of esters is 1. The van der Waals surface area contributed by atoms with Crippen LogP contribution in [0, 0.1) is 10.1 Å². The Bertz CT molecular complexity index is 514. The second kappa shape index (κ2) is 5.12. The van der Waals surface area contributed by atoms with Crippen LogP contribution in [0.2, 0.25) is 10.0 Å². The first kappa shape index (κ1) is 13.1. The van der Waals surface area contributed by atoms with Gasteiger partial charge < -0.3 is 4.74 Å². The van der Waals surface area contributed by atoms with Crippen molar-refractivity contribution < 1.29 is 14.5 Å². The van der Waals surface area contributed by atoms with E-state index in [0.29, 0.717) is 0 Å². The van der Waals surface area contributed by atoms with Gasteiger partial charge in [0.25, 0.3) is 5.69 Å². The molecule has 1 saturated carbocycles. The van der Waals surface area contributed by atoms with Crippen LogP contribution in [0.3, 0.4) is 0 Å². The number of carbonyl (C=O) groups is 1. The number of nitro benzene ring substituents is 1. The van der Waals surface area contributed by atoms with E-state index in [2.05, 4.69) is 0 Å². The van der Waals surface area contributed by atoms with E-state index in [4.69, 9.17) is 27.9 Å². The topological polar surface area (TPSA) is 69.4 Å². The molecule has 2 rings (SSSR count). The Labute approximate surface area is 113 Å². The van der Waals surface area contributed by atoms with E-state index in [-0.39, 0.29) is 21.7 Å². The Morgan fingerprint density at radius 3 is 2.56 bits per heavy atom. The average molecular weight is 290 g/mol. The minimum Gasteiger partial charge on any atom is -0.459 e. The first-order valence-corrected chi connectivity index (χ1v) is 6.09. The lowest BCUT2D eigenvalue weighted by molar-refractivity contribution is -0.384. The smallest absolute Gasteiger partial charge is 0.338 e. The van der Waals surface area contributed by atoms with Crippen LogP contribution in [0.15, 0.2) is 12.1 Å². The van der Waals surface area contributed by atoms with Crippen LogP contribution >= 0.6 is 23.2 Å². The van der Waals surface area contributed by atoms with E-state index in [0.717, 1.165) is 25.3 Å². The van der Waals surface area contributed by atoms with Crippen molar-refractivity contribution in [2.75, 3.05) is 0 Å². The molecule has 18 heavy (non-hydrogen) atoms. The minimum atomic E-state index is -0.686. The maximum Gasteiger partial charge on any atom is 0.338 e. The summed E-state index contributed by atoms with van der Waals surface area (Å²) in [4.78, 5) is 21.8. The normalized spacial score (nSPS) is 15.0. The molecule has 0 saturated heterocycles. The number of rotatable bonds is 3. The Kier molecular flexibility index (Phi) is 3.73. The number of nitrogens with zero attached hydrogens (tertiary/aromatic N) is 1. The largest absolute Gasteiger partial charge is 0.459 e. The number of nitro groups is 1. The van der Waals surface area contributed by atoms with Gasteiger partial charge in [0, 0.05) is 6.07 Å². The lowest BCUT2D eigenvalue weighted by Gasteiger charge is -2.25. The first-order chi connectivity index (χ1) is 8.49. The molecule has 0 aliphatic heterocycles. The molecule has 0 N–H and O–H groups in total. The zero-order valence-corrected chi connectivity index (χ0v) is 10.7. The summed E-state index contributed by atoms with van der Waals surface area (Å²) in [7, 11) is 0. The van der Waals surface area contributed by atoms with Gasteiger partial charge in [-0.1, -0.05) is 23.2 Å². The van der Waals surface area contributed by atoms with E-state index in [1.807, 2.05) is 0 Å². The highest BCUT2D eigenvalue weighted by atomic mass is 35.5. The third-order valence-corrected chi connectivity index (χ3v) is 3.56. The van der Waals surface area contributed by atoms with Crippen molar-refractivity contribution in [3.63, 3.8) is 0 Å². The van der Waals surface area contributed by atoms with Crippen molar-refractivity contribution in [1.82, 2.24) is 0 Å². The molecule has 96 valence electrons. The molecule has 5 nitrogen and oxygen atoms in total. The number of benzene rings is 1. The fourth-order valence-electron chi connectivity index (χ4n) is 1.53. The molecule has 0 heterocycles. The van der Waals surface area contributed by atoms with Gasteiger partial charge in [-0.05, 0) is 25.3 Å². The quantitative estimate of drug-likeness (QED) is 0.484. The van der Waals surface area contributed by atoms with Crippen LogP contribution in [-0.2, 0) is 4.74 Å². The van der Waals surface area contributed by atoms with Crippen molar-refractivity contribution >= 4 is 34.9 Å². The summed E-state index contributed by atoms with van der Waals surface area (Å²) in [6, 6.07) is 2.35. The molecule has 0 bridgehead atoms. The standard InChI is InChI=1S/C11H9Cl2NO4/c12-8-4-6(5-9(10(8)13)14(16)17)11(15)18-7-2-1-3-7/h4-5,7H,1-3H2. The van der Waals surface area contributed by atoms with E-state index in [1.54, 1.807) is 0 Å². The molecule has 0 unspecified atom stereocenters. The first-order valence-electron chi connectivity index (χ1n) is 5.33. The van der Waals surface area contributed by atoms with Crippen LogP contribution < -0.4 is 0 Å². The van der Waals surface area contributed by atoms with Gasteiger partial charge in [-0.2, -0.15) is 0 Å². The van der Waals surface area contributed by atoms with Crippen molar-refractivity contribution in [2.24, 2.45) is 0 Å². The van der Waals surface area contributed by atoms with Gasteiger partial charge in [0.1, 0.15) is 11.1 Å². The van der Waals surface area contributed by atoms with Crippen LogP contribution in [0.1, 0.15) is 29.6 Å². The SMILES string of the molecule is O=C(OC1CCC1)c1cc(Cl)c(Cl)c([N+](=O)[O-])c1. The highest BCUT2D eigenvalue weighted by molar-refractivity contribution is 6.43. The van der Waals surface area contributed by atoms with E-state index in [9.17, 15) is 14.9 Å². The Balaban J connectivity index is 2.27. The average Bonchev–Trinajstić information content (AvgIpc) is 2.26. The number of halogens is 2. The molecule has 1 aliphatic rings. The summed E-state index contributed by atoms with van der Waals surface area (Å²) in [6.45, 7) is 0. The van der Waals surface area contributed by atoms with Gasteiger partial charge in [0.15, 0.2) is 0 Å². The Morgan fingerprint density at radius 1 is 1.39 bits per heavy atom. The fraction of sp³-hybridized carbons (Fsp3) is 0.364. The van der Waals surface area contributed by atoms with Gasteiger partial charge in [-0.3, -0.25) is 10.1 Å². The highest BCUT2D eigenvalue weighted by Gasteiger charge is 2.25. The molecule has 0 amide bonds. The van der Waals surface area contributed by atoms with Crippen molar-refractivity contribution in [3.8, 4) is 0 Å². The van der Waals surface area contributed by atoms with Crippen LogP contribution in [0.5, 0.6) is 0 Å². The molecule has 1 aromatic rings. The summed E-state index contributed by atoms with van der Waals surface area (Å²) in [5, 5.41) is 10.5. The number of ether oxygens (including phenoxy) is 1. The Morgan fingerprint density at radius 2 is 2.06 bits per heavy atom. The number of hydrogen-bond acceptors (Lipinski definition) is 4. The second-order valence-electron chi connectivity index (χ2n) is 4.01. The van der Waals surface area contributed by atoms with Crippen LogP contribution in [0.25, 0.3) is 0 Å². The third kappa shape index (κ3) is 2.57. The van der Waals surface area contributed by atoms with Crippen LogP contribution in [0.4, 0.5) is 5.69 Å². The molecule has 0 aromatic heterocycles. The second-order valence-corrected chi connectivity index (χ2v) is 4.79. The molecule has 0 atom stereocenters. The summed E-state index contributed by atoms with van der Waals surface area (Å²) < 4.78 is 5.14. The van der Waals surface area contributed by atoms with E-state index >= 15 is 0 Å². The predicted molar refractivity (Wildman–Crippen MR) is 66.2 cm³/mol. The zero-order chi connectivity index (χ0) is 13.3.